The molecule has 2 atom stereocenters. The maximum Gasteiger partial charge on any atom is 0.321 e. The summed E-state index contributed by atoms with van der Waals surface area (Å²) in [6.07, 6.45) is 0.735. The minimum Gasteiger partial charge on any atom is -0.484 e. The number of carbonyl (C=O) groups excluding carboxylic acids is 1. The van der Waals surface area contributed by atoms with E-state index in [1.807, 2.05) is 0 Å². The van der Waals surface area contributed by atoms with Crippen LogP contribution in [0.5, 0.6) is 5.75 Å². The molecule has 2 aromatic carbocycles. The van der Waals surface area contributed by atoms with E-state index in [1.165, 1.54) is 25.1 Å². The van der Waals surface area contributed by atoms with Crippen molar-refractivity contribution in [3.8, 4) is 5.75 Å². The molecule has 3 aromatic rings. The van der Waals surface area contributed by atoms with Crippen LogP contribution in [0, 0.1) is 5.82 Å². The van der Waals surface area contributed by atoms with Crippen molar-refractivity contribution < 1.29 is 22.7 Å². The summed E-state index contributed by atoms with van der Waals surface area (Å²) in [6.45, 7) is 2.04. The number of H-pyrrole nitrogens is 1. The molecule has 1 amide bonds. The summed E-state index contributed by atoms with van der Waals surface area (Å²) < 4.78 is 46.1. The van der Waals surface area contributed by atoms with E-state index in [0.29, 0.717) is 18.2 Å². The highest BCUT2D eigenvalue weighted by Crippen LogP contribution is 2.28. The number of amides is 1. The van der Waals surface area contributed by atoms with Crippen LogP contribution >= 0.6 is 0 Å². The number of benzene rings is 2. The Hall–Kier alpha value is -3.03. The van der Waals surface area contributed by atoms with Crippen molar-refractivity contribution in [2.75, 3.05) is 0 Å². The standard InChI is InChI=1S/C19H18F3N3O2/c1-11(24-18(26)19(2,21)22)17(12-4-3-5-14(20)8-12)27-15-6-7-16-13(9-15)10-23-25-16/h3-11,17H,1-2H3,(H,23,25)(H,24,26)/t11-,17-/m0/s1. The molecular formula is C19H18F3N3O2. The molecule has 0 aliphatic rings. The normalized spacial score (nSPS) is 14.0. The maximum absolute atomic E-state index is 13.7. The topological polar surface area (TPSA) is 67.0 Å². The molecule has 2 N–H and O–H groups in total. The second-order valence-corrected chi connectivity index (χ2v) is 6.36. The quantitative estimate of drug-likeness (QED) is 0.683. The molecule has 0 saturated heterocycles. The first-order chi connectivity index (χ1) is 12.7. The summed E-state index contributed by atoms with van der Waals surface area (Å²) >= 11 is 0. The van der Waals surface area contributed by atoms with Gasteiger partial charge in [0.1, 0.15) is 17.7 Å². The van der Waals surface area contributed by atoms with Crippen LogP contribution in [-0.4, -0.2) is 28.1 Å². The van der Waals surface area contributed by atoms with Crippen LogP contribution in [0.3, 0.4) is 0 Å². The third-order valence-corrected chi connectivity index (χ3v) is 4.06. The maximum atomic E-state index is 13.7. The van der Waals surface area contributed by atoms with Gasteiger partial charge in [-0.15, -0.1) is 0 Å². The summed E-state index contributed by atoms with van der Waals surface area (Å²) in [7, 11) is 0. The number of aromatic nitrogens is 2. The van der Waals surface area contributed by atoms with Gasteiger partial charge >= 0.3 is 5.92 Å². The Morgan fingerprint density at radius 1 is 1.26 bits per heavy atom. The lowest BCUT2D eigenvalue weighted by Crippen LogP contribution is -2.46. The van der Waals surface area contributed by atoms with Crippen LogP contribution in [0.15, 0.2) is 48.7 Å². The number of carbonyl (C=O) groups is 1. The molecule has 1 heterocycles. The molecule has 0 aliphatic carbocycles. The van der Waals surface area contributed by atoms with Crippen molar-refractivity contribution in [1.82, 2.24) is 15.5 Å². The Bertz CT molecular complexity index is 953. The van der Waals surface area contributed by atoms with Crippen molar-refractivity contribution in [2.45, 2.75) is 31.9 Å². The van der Waals surface area contributed by atoms with Crippen molar-refractivity contribution >= 4 is 16.8 Å². The number of hydrogen-bond acceptors (Lipinski definition) is 3. The minimum atomic E-state index is -3.53. The van der Waals surface area contributed by atoms with E-state index in [2.05, 4.69) is 15.5 Å². The molecule has 0 radical (unpaired) electrons. The second-order valence-electron chi connectivity index (χ2n) is 6.36. The molecule has 0 saturated carbocycles. The van der Waals surface area contributed by atoms with E-state index in [1.54, 1.807) is 30.5 Å². The Labute approximate surface area is 153 Å². The molecule has 3 rings (SSSR count). The molecule has 8 heteroatoms. The van der Waals surface area contributed by atoms with E-state index in [0.717, 1.165) is 10.9 Å². The molecule has 142 valence electrons. The third kappa shape index (κ3) is 4.39. The fourth-order valence-corrected chi connectivity index (χ4v) is 2.69. The van der Waals surface area contributed by atoms with Crippen LogP contribution in [0.1, 0.15) is 25.5 Å². The fourth-order valence-electron chi connectivity index (χ4n) is 2.69. The highest BCUT2D eigenvalue weighted by atomic mass is 19.3. The molecule has 0 aliphatic heterocycles. The zero-order chi connectivity index (χ0) is 19.6. The zero-order valence-electron chi connectivity index (χ0n) is 14.7. The highest BCUT2D eigenvalue weighted by molar-refractivity contribution is 5.83. The van der Waals surface area contributed by atoms with Gasteiger partial charge in [-0.25, -0.2) is 4.39 Å². The van der Waals surface area contributed by atoms with Gasteiger partial charge in [0.05, 0.1) is 17.8 Å². The number of alkyl halides is 2. The number of rotatable bonds is 6. The van der Waals surface area contributed by atoms with Crippen LogP contribution in [0.2, 0.25) is 0 Å². The first-order valence-electron chi connectivity index (χ1n) is 8.28. The van der Waals surface area contributed by atoms with E-state index >= 15 is 0 Å². The average molecular weight is 377 g/mol. The molecule has 27 heavy (non-hydrogen) atoms. The predicted octanol–water partition coefficient (Wildman–Crippen LogP) is 3.98. The largest absolute Gasteiger partial charge is 0.484 e. The predicted molar refractivity (Wildman–Crippen MR) is 94.1 cm³/mol. The molecule has 0 unspecified atom stereocenters. The summed E-state index contributed by atoms with van der Waals surface area (Å²) in [5.41, 5.74) is 1.21. The number of halogens is 3. The number of nitrogens with one attached hydrogen (secondary N) is 2. The zero-order valence-corrected chi connectivity index (χ0v) is 14.7. The van der Waals surface area contributed by atoms with Gasteiger partial charge in [0.25, 0.3) is 5.91 Å². The lowest BCUT2D eigenvalue weighted by atomic mass is 10.0. The summed E-state index contributed by atoms with van der Waals surface area (Å²) in [4.78, 5) is 11.7. The van der Waals surface area contributed by atoms with Gasteiger partial charge in [-0.2, -0.15) is 13.9 Å². The van der Waals surface area contributed by atoms with Crippen LogP contribution in [0.25, 0.3) is 10.9 Å². The number of ether oxygens (including phenoxy) is 1. The molecule has 0 spiro atoms. The first-order valence-corrected chi connectivity index (χ1v) is 8.28. The SMILES string of the molecule is C[C@H](NC(=O)C(C)(F)F)[C@H](Oc1ccc2[nH]ncc2c1)c1cccc(F)c1. The molecular weight excluding hydrogens is 359 g/mol. The highest BCUT2D eigenvalue weighted by Gasteiger charge is 2.35. The fraction of sp³-hybridized carbons (Fsp3) is 0.263. The van der Waals surface area contributed by atoms with Crippen molar-refractivity contribution in [1.29, 1.82) is 0 Å². The lowest BCUT2D eigenvalue weighted by Gasteiger charge is -2.27. The Kier molecular flexibility index (Phi) is 5.07. The van der Waals surface area contributed by atoms with E-state index in [-0.39, 0.29) is 0 Å². The van der Waals surface area contributed by atoms with Crippen molar-refractivity contribution in [3.05, 3.63) is 60.0 Å². The number of fused-ring (bicyclic) bond motifs is 1. The van der Waals surface area contributed by atoms with E-state index < -0.39 is 29.8 Å². The van der Waals surface area contributed by atoms with Crippen LogP contribution in [-0.2, 0) is 4.79 Å². The van der Waals surface area contributed by atoms with Gasteiger partial charge in [-0.3, -0.25) is 9.89 Å². The minimum absolute atomic E-state index is 0.412. The van der Waals surface area contributed by atoms with Gasteiger partial charge in [0, 0.05) is 12.3 Å². The Morgan fingerprint density at radius 2 is 2.04 bits per heavy atom. The Balaban J connectivity index is 1.90. The summed E-state index contributed by atoms with van der Waals surface area (Å²) in [6, 6.07) is 9.91. The summed E-state index contributed by atoms with van der Waals surface area (Å²) in [5, 5.41) is 9.76. The average Bonchev–Trinajstić information content (AvgIpc) is 3.06. The van der Waals surface area contributed by atoms with Crippen molar-refractivity contribution in [2.24, 2.45) is 0 Å². The van der Waals surface area contributed by atoms with Crippen molar-refractivity contribution in [3.63, 3.8) is 0 Å². The number of hydrogen-bond donors (Lipinski definition) is 2. The van der Waals surface area contributed by atoms with Gasteiger partial charge in [0.15, 0.2) is 0 Å². The van der Waals surface area contributed by atoms with Crippen LogP contribution in [0.4, 0.5) is 13.2 Å². The molecule has 5 nitrogen and oxygen atoms in total. The van der Waals surface area contributed by atoms with Crippen LogP contribution < -0.4 is 10.1 Å². The Morgan fingerprint density at radius 3 is 2.74 bits per heavy atom. The molecule has 0 bridgehead atoms. The van der Waals surface area contributed by atoms with Gasteiger partial charge in [0.2, 0.25) is 0 Å². The smallest absolute Gasteiger partial charge is 0.321 e. The van der Waals surface area contributed by atoms with E-state index in [4.69, 9.17) is 4.74 Å². The number of aromatic amines is 1. The van der Waals surface area contributed by atoms with Gasteiger partial charge in [-0.05, 0) is 42.8 Å². The lowest BCUT2D eigenvalue weighted by molar-refractivity contribution is -0.144. The van der Waals surface area contributed by atoms with Gasteiger partial charge < -0.3 is 10.1 Å². The third-order valence-electron chi connectivity index (χ3n) is 4.06. The van der Waals surface area contributed by atoms with Gasteiger partial charge in [-0.1, -0.05) is 12.1 Å². The molecule has 1 aromatic heterocycles. The van der Waals surface area contributed by atoms with E-state index in [9.17, 15) is 18.0 Å². The number of nitrogens with zero attached hydrogens (tertiary/aromatic N) is 1. The monoisotopic (exact) mass is 377 g/mol. The second kappa shape index (κ2) is 7.30. The summed E-state index contributed by atoms with van der Waals surface area (Å²) in [5.74, 6) is -5.02. The molecule has 0 fully saturated rings. The first kappa shape index (κ1) is 18.8.